The van der Waals surface area contributed by atoms with E-state index in [1.165, 1.54) is 18.7 Å². The van der Waals surface area contributed by atoms with Gasteiger partial charge in [0.25, 0.3) is 0 Å². The number of hydrogen-bond acceptors (Lipinski definition) is 2. The van der Waals surface area contributed by atoms with E-state index in [0.717, 1.165) is 12.1 Å². The van der Waals surface area contributed by atoms with Crippen LogP contribution in [0.3, 0.4) is 0 Å². The van der Waals surface area contributed by atoms with Crippen molar-refractivity contribution in [3.63, 3.8) is 0 Å². The van der Waals surface area contributed by atoms with Crippen LogP contribution in [0, 0.1) is 5.82 Å². The first kappa shape index (κ1) is 15.3. The standard InChI is InChI=1S/C16H17FN2OS/c1-3-11-5-4-6-12(9-11)18-16(21)19-13-7-8-15(20-2)14(17)10-13/h4-10H,3H2,1-2H3,(H2,18,19,21). The van der Waals surface area contributed by atoms with Crippen molar-refractivity contribution in [3.05, 3.63) is 53.8 Å². The highest BCUT2D eigenvalue weighted by Gasteiger charge is 2.05. The summed E-state index contributed by atoms with van der Waals surface area (Å²) in [7, 11) is 1.43. The maximum atomic E-state index is 13.6. The third-order valence-electron chi connectivity index (χ3n) is 3.00. The Labute approximate surface area is 129 Å². The largest absolute Gasteiger partial charge is 0.494 e. The summed E-state index contributed by atoms with van der Waals surface area (Å²) in [6.45, 7) is 2.09. The van der Waals surface area contributed by atoms with Crippen LogP contribution in [0.2, 0.25) is 0 Å². The molecule has 0 spiro atoms. The highest BCUT2D eigenvalue weighted by atomic mass is 32.1. The van der Waals surface area contributed by atoms with Crippen molar-refractivity contribution >= 4 is 28.7 Å². The van der Waals surface area contributed by atoms with Crippen molar-refractivity contribution in [2.45, 2.75) is 13.3 Å². The van der Waals surface area contributed by atoms with Gasteiger partial charge >= 0.3 is 0 Å². The number of aryl methyl sites for hydroxylation is 1. The lowest BCUT2D eigenvalue weighted by Gasteiger charge is -2.12. The second-order valence-corrected chi connectivity index (χ2v) is 4.89. The SMILES string of the molecule is CCc1cccc(NC(=S)Nc2ccc(OC)c(F)c2)c1. The fourth-order valence-corrected chi connectivity index (χ4v) is 2.14. The molecule has 0 aromatic heterocycles. The van der Waals surface area contributed by atoms with Gasteiger partial charge in [-0.05, 0) is 48.5 Å². The molecular formula is C16H17FN2OS. The molecule has 2 rings (SSSR count). The fraction of sp³-hybridized carbons (Fsp3) is 0.188. The number of nitrogens with one attached hydrogen (secondary N) is 2. The Kier molecular flexibility index (Phi) is 5.11. The second-order valence-electron chi connectivity index (χ2n) is 4.48. The monoisotopic (exact) mass is 304 g/mol. The lowest BCUT2D eigenvalue weighted by molar-refractivity contribution is 0.387. The number of halogens is 1. The molecule has 0 heterocycles. The van der Waals surface area contributed by atoms with Gasteiger partial charge in [0.1, 0.15) is 0 Å². The fourth-order valence-electron chi connectivity index (χ4n) is 1.91. The molecule has 21 heavy (non-hydrogen) atoms. The average molecular weight is 304 g/mol. The van der Waals surface area contributed by atoms with Crippen LogP contribution in [0.4, 0.5) is 15.8 Å². The molecular weight excluding hydrogens is 287 g/mol. The Morgan fingerprint density at radius 1 is 1.14 bits per heavy atom. The average Bonchev–Trinajstić information content (AvgIpc) is 2.47. The molecule has 0 atom stereocenters. The zero-order chi connectivity index (χ0) is 15.2. The van der Waals surface area contributed by atoms with Crippen molar-refractivity contribution in [2.24, 2.45) is 0 Å². The highest BCUT2D eigenvalue weighted by Crippen LogP contribution is 2.21. The summed E-state index contributed by atoms with van der Waals surface area (Å²) >= 11 is 5.23. The van der Waals surface area contributed by atoms with E-state index in [9.17, 15) is 4.39 Å². The molecule has 2 N–H and O–H groups in total. The number of ether oxygens (including phenoxy) is 1. The van der Waals surface area contributed by atoms with E-state index in [0.29, 0.717) is 10.8 Å². The minimum atomic E-state index is -0.432. The van der Waals surface area contributed by atoms with E-state index in [2.05, 4.69) is 23.6 Å². The van der Waals surface area contributed by atoms with E-state index in [1.54, 1.807) is 12.1 Å². The Bertz CT molecular complexity index is 646. The molecule has 2 aromatic carbocycles. The van der Waals surface area contributed by atoms with Gasteiger partial charge < -0.3 is 15.4 Å². The van der Waals surface area contributed by atoms with Crippen LogP contribution in [0.15, 0.2) is 42.5 Å². The van der Waals surface area contributed by atoms with Crippen LogP contribution in [0.1, 0.15) is 12.5 Å². The van der Waals surface area contributed by atoms with Crippen molar-refractivity contribution in [1.29, 1.82) is 0 Å². The highest BCUT2D eigenvalue weighted by molar-refractivity contribution is 7.80. The van der Waals surface area contributed by atoms with Gasteiger partial charge in [-0.2, -0.15) is 0 Å². The van der Waals surface area contributed by atoms with Crippen molar-refractivity contribution in [2.75, 3.05) is 17.7 Å². The van der Waals surface area contributed by atoms with Crippen LogP contribution in [-0.2, 0) is 6.42 Å². The first-order chi connectivity index (χ1) is 10.1. The van der Waals surface area contributed by atoms with E-state index in [1.807, 2.05) is 18.2 Å². The summed E-state index contributed by atoms with van der Waals surface area (Å²) in [5, 5.41) is 6.43. The number of rotatable bonds is 4. The van der Waals surface area contributed by atoms with Crippen LogP contribution in [0.5, 0.6) is 5.75 Å². The number of anilines is 2. The normalized spacial score (nSPS) is 10.0. The third-order valence-corrected chi connectivity index (χ3v) is 3.21. The molecule has 0 unspecified atom stereocenters. The van der Waals surface area contributed by atoms with E-state index >= 15 is 0 Å². The maximum absolute atomic E-state index is 13.6. The number of methoxy groups -OCH3 is 1. The Morgan fingerprint density at radius 3 is 2.48 bits per heavy atom. The smallest absolute Gasteiger partial charge is 0.175 e. The topological polar surface area (TPSA) is 33.3 Å². The van der Waals surface area contributed by atoms with Crippen molar-refractivity contribution < 1.29 is 9.13 Å². The molecule has 3 nitrogen and oxygen atoms in total. The van der Waals surface area contributed by atoms with E-state index in [4.69, 9.17) is 17.0 Å². The van der Waals surface area contributed by atoms with Gasteiger partial charge in [0.05, 0.1) is 7.11 Å². The minimum absolute atomic E-state index is 0.204. The molecule has 0 aliphatic carbocycles. The minimum Gasteiger partial charge on any atom is -0.494 e. The third kappa shape index (κ3) is 4.16. The van der Waals surface area contributed by atoms with Crippen LogP contribution in [0.25, 0.3) is 0 Å². The molecule has 0 saturated carbocycles. The molecule has 0 amide bonds. The summed E-state index contributed by atoms with van der Waals surface area (Å²) in [6.07, 6.45) is 0.958. The summed E-state index contributed by atoms with van der Waals surface area (Å²) in [5.41, 5.74) is 2.69. The summed E-state index contributed by atoms with van der Waals surface area (Å²) in [6, 6.07) is 12.6. The quantitative estimate of drug-likeness (QED) is 0.829. The molecule has 0 aliphatic rings. The Balaban J connectivity index is 2.02. The first-order valence-electron chi connectivity index (χ1n) is 6.63. The maximum Gasteiger partial charge on any atom is 0.175 e. The van der Waals surface area contributed by atoms with Gasteiger partial charge in [-0.15, -0.1) is 0 Å². The number of benzene rings is 2. The second kappa shape index (κ2) is 7.04. The molecule has 0 aliphatic heterocycles. The van der Waals surface area contributed by atoms with E-state index in [-0.39, 0.29) is 5.75 Å². The van der Waals surface area contributed by atoms with Crippen LogP contribution < -0.4 is 15.4 Å². The first-order valence-corrected chi connectivity index (χ1v) is 7.03. The van der Waals surface area contributed by atoms with Gasteiger partial charge in [0.2, 0.25) is 0 Å². The molecule has 110 valence electrons. The van der Waals surface area contributed by atoms with Gasteiger partial charge in [-0.25, -0.2) is 4.39 Å². The predicted molar refractivity (Wildman–Crippen MR) is 88.6 cm³/mol. The zero-order valence-electron chi connectivity index (χ0n) is 11.9. The predicted octanol–water partition coefficient (Wildman–Crippen LogP) is 4.21. The molecule has 0 radical (unpaired) electrons. The summed E-state index contributed by atoms with van der Waals surface area (Å²) < 4.78 is 18.5. The molecule has 2 aromatic rings. The van der Waals surface area contributed by atoms with E-state index < -0.39 is 5.82 Å². The molecule has 0 saturated heterocycles. The number of hydrogen-bond donors (Lipinski definition) is 2. The molecule has 0 fully saturated rings. The molecule has 0 bridgehead atoms. The van der Waals surface area contributed by atoms with Crippen molar-refractivity contribution in [1.82, 2.24) is 0 Å². The van der Waals surface area contributed by atoms with Crippen LogP contribution >= 0.6 is 12.2 Å². The Morgan fingerprint density at radius 2 is 1.86 bits per heavy atom. The van der Waals surface area contributed by atoms with Crippen LogP contribution in [-0.4, -0.2) is 12.2 Å². The lowest BCUT2D eigenvalue weighted by atomic mass is 10.1. The van der Waals surface area contributed by atoms with Gasteiger partial charge in [0.15, 0.2) is 16.7 Å². The molecule has 5 heteroatoms. The van der Waals surface area contributed by atoms with Crippen molar-refractivity contribution in [3.8, 4) is 5.75 Å². The Hall–Kier alpha value is -2.14. The van der Waals surface area contributed by atoms with Gasteiger partial charge in [0, 0.05) is 17.4 Å². The lowest BCUT2D eigenvalue weighted by Crippen LogP contribution is -2.19. The summed E-state index contributed by atoms with van der Waals surface area (Å²) in [5.74, 6) is -0.228. The van der Waals surface area contributed by atoms with Gasteiger partial charge in [-0.3, -0.25) is 0 Å². The number of thiocarbonyl (C=S) groups is 1. The summed E-state index contributed by atoms with van der Waals surface area (Å²) in [4.78, 5) is 0. The van der Waals surface area contributed by atoms with Gasteiger partial charge in [-0.1, -0.05) is 19.1 Å². The zero-order valence-corrected chi connectivity index (χ0v) is 12.8.